The monoisotopic (exact) mass is 154 g/mol. The summed E-state index contributed by atoms with van der Waals surface area (Å²) in [6, 6.07) is 0. The van der Waals surface area contributed by atoms with E-state index in [0.29, 0.717) is 0 Å². The van der Waals surface area contributed by atoms with E-state index in [1.54, 1.807) is 0 Å². The summed E-state index contributed by atoms with van der Waals surface area (Å²) >= 11 is 0. The van der Waals surface area contributed by atoms with E-state index in [2.05, 4.69) is 20.8 Å². The van der Waals surface area contributed by atoms with Crippen LogP contribution in [-0.2, 0) is 0 Å². The Hall–Kier alpha value is 0. The van der Waals surface area contributed by atoms with E-state index in [-0.39, 0.29) is 0 Å². The Morgan fingerprint density at radius 3 is 2.27 bits per heavy atom. The first kappa shape index (κ1) is 9.09. The molecule has 0 heterocycles. The second-order valence-electron chi connectivity index (χ2n) is 4.28. The van der Waals surface area contributed by atoms with Crippen molar-refractivity contribution < 1.29 is 0 Å². The number of rotatable bonds is 5. The molecule has 0 spiro atoms. The van der Waals surface area contributed by atoms with Gasteiger partial charge in [-0.2, -0.15) is 0 Å². The first-order valence-electron chi connectivity index (χ1n) is 5.25. The number of hydrogen-bond acceptors (Lipinski definition) is 0. The Morgan fingerprint density at radius 2 is 1.91 bits per heavy atom. The molecule has 1 aliphatic carbocycles. The molecule has 1 rings (SSSR count). The molecule has 66 valence electrons. The Labute approximate surface area is 71.4 Å². The summed E-state index contributed by atoms with van der Waals surface area (Å²) in [6.07, 6.45) is 8.73. The lowest BCUT2D eigenvalue weighted by Gasteiger charge is -2.21. The molecular weight excluding hydrogens is 132 g/mol. The Bertz CT molecular complexity index is 111. The van der Waals surface area contributed by atoms with Crippen LogP contribution in [0, 0.1) is 11.3 Å². The van der Waals surface area contributed by atoms with Crippen molar-refractivity contribution >= 4 is 0 Å². The lowest BCUT2D eigenvalue weighted by Crippen LogP contribution is -2.11. The average Bonchev–Trinajstić information content (AvgIpc) is 2.80. The van der Waals surface area contributed by atoms with Gasteiger partial charge in [0.1, 0.15) is 0 Å². The minimum atomic E-state index is 0.810. The summed E-state index contributed by atoms with van der Waals surface area (Å²) in [5.41, 5.74) is 0.810. The summed E-state index contributed by atoms with van der Waals surface area (Å²) in [6.45, 7) is 7.06. The quantitative estimate of drug-likeness (QED) is 0.561. The molecule has 0 aliphatic heterocycles. The Morgan fingerprint density at radius 1 is 1.27 bits per heavy atom. The van der Waals surface area contributed by atoms with Crippen LogP contribution in [0.4, 0.5) is 0 Å². The largest absolute Gasteiger partial charge is 0.0654 e. The van der Waals surface area contributed by atoms with Crippen molar-refractivity contribution in [3.05, 3.63) is 0 Å². The van der Waals surface area contributed by atoms with Gasteiger partial charge in [-0.05, 0) is 30.6 Å². The average molecular weight is 154 g/mol. The Balaban J connectivity index is 2.28. The first-order valence-corrected chi connectivity index (χ1v) is 5.25. The predicted octanol–water partition coefficient (Wildman–Crippen LogP) is 4.00. The molecule has 0 saturated heterocycles. The molecular formula is C11H22. The van der Waals surface area contributed by atoms with Crippen LogP contribution in [0.3, 0.4) is 0 Å². The Kier molecular flexibility index (Phi) is 2.98. The van der Waals surface area contributed by atoms with E-state index in [4.69, 9.17) is 0 Å². The van der Waals surface area contributed by atoms with Crippen LogP contribution in [0.2, 0.25) is 0 Å². The van der Waals surface area contributed by atoms with Crippen LogP contribution in [0.25, 0.3) is 0 Å². The minimum absolute atomic E-state index is 0.810. The molecule has 0 aromatic rings. The minimum Gasteiger partial charge on any atom is -0.0654 e. The molecule has 1 atom stereocenters. The zero-order valence-electron chi connectivity index (χ0n) is 8.32. The van der Waals surface area contributed by atoms with Gasteiger partial charge in [0, 0.05) is 0 Å². The van der Waals surface area contributed by atoms with Crippen LogP contribution in [-0.4, -0.2) is 0 Å². The fraction of sp³-hybridized carbons (Fsp3) is 1.00. The van der Waals surface area contributed by atoms with Crippen LogP contribution in [0.1, 0.15) is 59.3 Å². The molecule has 0 radical (unpaired) electrons. The van der Waals surface area contributed by atoms with Crippen molar-refractivity contribution in [1.82, 2.24) is 0 Å². The molecule has 0 heteroatoms. The number of hydrogen-bond donors (Lipinski definition) is 0. The molecule has 0 nitrogen and oxygen atoms in total. The van der Waals surface area contributed by atoms with E-state index >= 15 is 0 Å². The highest BCUT2D eigenvalue weighted by Gasteiger charge is 2.45. The highest BCUT2D eigenvalue weighted by atomic mass is 14.5. The third-order valence-corrected chi connectivity index (χ3v) is 3.58. The smallest absolute Gasteiger partial charge is 0.0271 e. The molecule has 0 amide bonds. The number of unbranched alkanes of at least 4 members (excludes halogenated alkanes) is 1. The lowest BCUT2D eigenvalue weighted by molar-refractivity contribution is 0.294. The SMILES string of the molecule is CCCCC1(C(C)CC)CC1. The van der Waals surface area contributed by atoms with Crippen molar-refractivity contribution in [3.63, 3.8) is 0 Å². The summed E-state index contributed by atoms with van der Waals surface area (Å²) in [7, 11) is 0. The molecule has 1 aliphatic rings. The van der Waals surface area contributed by atoms with Crippen molar-refractivity contribution in [2.24, 2.45) is 11.3 Å². The molecule has 1 saturated carbocycles. The second-order valence-corrected chi connectivity index (χ2v) is 4.28. The summed E-state index contributed by atoms with van der Waals surface area (Å²) in [5, 5.41) is 0. The van der Waals surface area contributed by atoms with Gasteiger partial charge in [-0.3, -0.25) is 0 Å². The zero-order chi connectivity index (χ0) is 8.32. The third kappa shape index (κ3) is 1.98. The second kappa shape index (κ2) is 3.60. The summed E-state index contributed by atoms with van der Waals surface area (Å²) < 4.78 is 0. The van der Waals surface area contributed by atoms with Gasteiger partial charge in [0.25, 0.3) is 0 Å². The molecule has 1 fully saturated rings. The van der Waals surface area contributed by atoms with Gasteiger partial charge >= 0.3 is 0 Å². The summed E-state index contributed by atoms with van der Waals surface area (Å²) in [5.74, 6) is 0.981. The zero-order valence-corrected chi connectivity index (χ0v) is 8.32. The van der Waals surface area contributed by atoms with Gasteiger partial charge in [-0.15, -0.1) is 0 Å². The van der Waals surface area contributed by atoms with Crippen LogP contribution in [0.15, 0.2) is 0 Å². The molecule has 11 heavy (non-hydrogen) atoms. The maximum Gasteiger partial charge on any atom is -0.0271 e. The first-order chi connectivity index (χ1) is 5.25. The van der Waals surface area contributed by atoms with E-state index in [0.717, 1.165) is 11.3 Å². The van der Waals surface area contributed by atoms with Gasteiger partial charge in [-0.25, -0.2) is 0 Å². The molecule has 0 N–H and O–H groups in total. The fourth-order valence-electron chi connectivity index (χ4n) is 2.11. The van der Waals surface area contributed by atoms with Crippen molar-refractivity contribution in [2.45, 2.75) is 59.3 Å². The maximum atomic E-state index is 2.43. The van der Waals surface area contributed by atoms with Crippen molar-refractivity contribution in [1.29, 1.82) is 0 Å². The van der Waals surface area contributed by atoms with Gasteiger partial charge in [0.05, 0.1) is 0 Å². The van der Waals surface area contributed by atoms with Crippen LogP contribution < -0.4 is 0 Å². The standard InChI is InChI=1S/C11H22/c1-4-6-7-11(8-9-11)10(3)5-2/h10H,4-9H2,1-3H3. The third-order valence-electron chi connectivity index (χ3n) is 3.58. The molecule has 0 aromatic carbocycles. The van der Waals surface area contributed by atoms with Gasteiger partial charge < -0.3 is 0 Å². The van der Waals surface area contributed by atoms with Crippen LogP contribution in [0.5, 0.6) is 0 Å². The van der Waals surface area contributed by atoms with Crippen LogP contribution >= 0.6 is 0 Å². The highest BCUT2D eigenvalue weighted by molar-refractivity contribution is 4.95. The fourth-order valence-corrected chi connectivity index (χ4v) is 2.11. The lowest BCUT2D eigenvalue weighted by atomic mass is 9.84. The molecule has 0 aromatic heterocycles. The van der Waals surface area contributed by atoms with Crippen molar-refractivity contribution in [2.75, 3.05) is 0 Å². The van der Waals surface area contributed by atoms with Gasteiger partial charge in [-0.1, -0.05) is 40.0 Å². The highest BCUT2D eigenvalue weighted by Crippen LogP contribution is 2.56. The topological polar surface area (TPSA) is 0 Å². The molecule has 1 unspecified atom stereocenters. The van der Waals surface area contributed by atoms with Crippen molar-refractivity contribution in [3.8, 4) is 0 Å². The summed E-state index contributed by atoms with van der Waals surface area (Å²) in [4.78, 5) is 0. The van der Waals surface area contributed by atoms with Gasteiger partial charge in [0.2, 0.25) is 0 Å². The molecule has 0 bridgehead atoms. The van der Waals surface area contributed by atoms with E-state index in [9.17, 15) is 0 Å². The van der Waals surface area contributed by atoms with E-state index < -0.39 is 0 Å². The van der Waals surface area contributed by atoms with E-state index in [1.165, 1.54) is 38.5 Å². The maximum absolute atomic E-state index is 2.43. The van der Waals surface area contributed by atoms with E-state index in [1.807, 2.05) is 0 Å². The van der Waals surface area contributed by atoms with Gasteiger partial charge in [0.15, 0.2) is 0 Å². The normalized spacial score (nSPS) is 23.2. The predicted molar refractivity (Wildman–Crippen MR) is 50.6 cm³/mol.